The van der Waals surface area contributed by atoms with Gasteiger partial charge < -0.3 is 15.4 Å². The first-order chi connectivity index (χ1) is 16.3. The average Bonchev–Trinajstić information content (AvgIpc) is 2.84. The van der Waals surface area contributed by atoms with Crippen LogP contribution in [-0.4, -0.2) is 30.5 Å². The fraction of sp³-hybridized carbons (Fsp3) is 0.655. The molecule has 0 spiro atoms. The van der Waals surface area contributed by atoms with Crippen molar-refractivity contribution in [3.63, 3.8) is 0 Å². The van der Waals surface area contributed by atoms with Gasteiger partial charge in [-0.05, 0) is 62.3 Å². The number of hydrogen-bond donors (Lipinski definition) is 2. The summed E-state index contributed by atoms with van der Waals surface area (Å²) in [7, 11) is 0. The van der Waals surface area contributed by atoms with Crippen molar-refractivity contribution in [2.45, 2.75) is 110 Å². The Kier molecular flexibility index (Phi) is 12.2. The van der Waals surface area contributed by atoms with Crippen molar-refractivity contribution in [3.8, 4) is 5.75 Å². The molecule has 0 heterocycles. The van der Waals surface area contributed by atoms with Crippen molar-refractivity contribution in [2.75, 3.05) is 6.61 Å². The highest BCUT2D eigenvalue weighted by Crippen LogP contribution is 2.23. The summed E-state index contributed by atoms with van der Waals surface area (Å²) >= 11 is 0. The van der Waals surface area contributed by atoms with E-state index in [1.54, 1.807) is 6.08 Å². The maximum atomic E-state index is 12.4. The van der Waals surface area contributed by atoms with Gasteiger partial charge in [0.2, 0.25) is 11.8 Å². The zero-order chi connectivity index (χ0) is 24.8. The van der Waals surface area contributed by atoms with Crippen LogP contribution in [0.25, 0.3) is 6.08 Å². The highest BCUT2D eigenvalue weighted by Gasteiger charge is 2.29. The van der Waals surface area contributed by atoms with Gasteiger partial charge in [0, 0.05) is 23.6 Å². The minimum Gasteiger partial charge on any atom is -0.494 e. The van der Waals surface area contributed by atoms with Crippen LogP contribution in [0.3, 0.4) is 0 Å². The van der Waals surface area contributed by atoms with Crippen molar-refractivity contribution >= 4 is 17.9 Å². The van der Waals surface area contributed by atoms with E-state index in [4.69, 9.17) is 4.74 Å². The van der Waals surface area contributed by atoms with Crippen molar-refractivity contribution in [1.82, 2.24) is 10.6 Å². The first kappa shape index (κ1) is 27.9. The Morgan fingerprint density at radius 1 is 0.912 bits per heavy atom. The number of nitrogens with one attached hydrogen (secondary N) is 2. The lowest BCUT2D eigenvalue weighted by Crippen LogP contribution is -2.46. The van der Waals surface area contributed by atoms with Gasteiger partial charge in [0.1, 0.15) is 5.75 Å². The molecule has 190 valence electrons. The number of benzene rings is 1. The molecule has 1 aliphatic rings. The second-order valence-corrected chi connectivity index (χ2v) is 10.3. The van der Waals surface area contributed by atoms with Crippen molar-refractivity contribution < 1.29 is 14.3 Å². The number of carbonyl (C=O) groups excluding carboxylic acids is 2. The van der Waals surface area contributed by atoms with Crippen LogP contribution in [0.15, 0.2) is 30.3 Å². The highest BCUT2D eigenvalue weighted by molar-refractivity contribution is 5.91. The monoisotopic (exact) mass is 470 g/mol. The van der Waals surface area contributed by atoms with Gasteiger partial charge in [-0.3, -0.25) is 9.59 Å². The maximum absolute atomic E-state index is 12.4. The fourth-order valence-electron chi connectivity index (χ4n) is 4.09. The van der Waals surface area contributed by atoms with E-state index < -0.39 is 0 Å². The lowest BCUT2D eigenvalue weighted by Gasteiger charge is -2.32. The summed E-state index contributed by atoms with van der Waals surface area (Å²) in [5.41, 5.74) is 0.653. The van der Waals surface area contributed by atoms with E-state index >= 15 is 0 Å². The van der Waals surface area contributed by atoms with E-state index in [0.29, 0.717) is 0 Å². The molecule has 2 amide bonds. The quantitative estimate of drug-likeness (QED) is 0.243. The molecular weight excluding hydrogens is 424 g/mol. The zero-order valence-electron chi connectivity index (χ0n) is 21.8. The van der Waals surface area contributed by atoms with Gasteiger partial charge in [0.05, 0.1) is 6.61 Å². The number of unbranched alkanes of at least 4 members (excludes halogenated alkanes) is 5. The average molecular weight is 471 g/mol. The van der Waals surface area contributed by atoms with Gasteiger partial charge >= 0.3 is 0 Å². The minimum absolute atomic E-state index is 0.0667. The summed E-state index contributed by atoms with van der Waals surface area (Å²) in [6.07, 6.45) is 15.4. The third kappa shape index (κ3) is 10.3. The van der Waals surface area contributed by atoms with Gasteiger partial charge in [-0.2, -0.15) is 0 Å². The fourth-order valence-corrected chi connectivity index (χ4v) is 4.09. The number of amides is 2. The molecule has 34 heavy (non-hydrogen) atoms. The molecule has 2 rings (SSSR count). The Hall–Kier alpha value is -2.30. The molecule has 0 bridgehead atoms. The van der Waals surface area contributed by atoms with Crippen molar-refractivity contribution in [3.05, 3.63) is 35.9 Å². The van der Waals surface area contributed by atoms with E-state index in [1.807, 2.05) is 51.1 Å². The molecule has 1 fully saturated rings. The molecule has 1 aromatic rings. The second-order valence-electron chi connectivity index (χ2n) is 10.3. The Bertz CT molecular complexity index is 762. The molecule has 0 saturated heterocycles. The van der Waals surface area contributed by atoms with Crippen LogP contribution in [-0.2, 0) is 9.59 Å². The summed E-state index contributed by atoms with van der Waals surface area (Å²) < 4.78 is 5.82. The highest BCUT2D eigenvalue weighted by atomic mass is 16.5. The third-order valence-corrected chi connectivity index (χ3v) is 6.98. The van der Waals surface area contributed by atoms with E-state index in [-0.39, 0.29) is 29.3 Å². The molecule has 2 N–H and O–H groups in total. The summed E-state index contributed by atoms with van der Waals surface area (Å²) in [6, 6.07) is 8.26. The summed E-state index contributed by atoms with van der Waals surface area (Å²) in [6.45, 7) is 9.00. The molecule has 5 nitrogen and oxygen atoms in total. The largest absolute Gasteiger partial charge is 0.494 e. The third-order valence-electron chi connectivity index (χ3n) is 6.98. The van der Waals surface area contributed by atoms with Crippen LogP contribution in [0.5, 0.6) is 5.75 Å². The van der Waals surface area contributed by atoms with Crippen LogP contribution in [0.2, 0.25) is 0 Å². The van der Waals surface area contributed by atoms with Crippen LogP contribution in [0.4, 0.5) is 0 Å². The number of rotatable bonds is 14. The summed E-state index contributed by atoms with van der Waals surface area (Å²) in [4.78, 5) is 24.7. The van der Waals surface area contributed by atoms with Crippen molar-refractivity contribution in [2.24, 2.45) is 5.41 Å². The van der Waals surface area contributed by atoms with E-state index in [1.165, 1.54) is 32.1 Å². The van der Waals surface area contributed by atoms with Gasteiger partial charge in [0.25, 0.3) is 0 Å². The molecule has 0 aliphatic heterocycles. The zero-order valence-corrected chi connectivity index (χ0v) is 21.8. The number of ether oxygens (including phenoxy) is 1. The van der Waals surface area contributed by atoms with Gasteiger partial charge in [0.15, 0.2) is 0 Å². The SMILES string of the molecule is CCCCCCCCOc1ccc(/C=C/C(=O)NC2CCC(NC(=O)C(C)(C)CC)CC2)cc1. The Morgan fingerprint density at radius 2 is 1.50 bits per heavy atom. The summed E-state index contributed by atoms with van der Waals surface area (Å²) in [5, 5.41) is 6.29. The smallest absolute Gasteiger partial charge is 0.244 e. The molecule has 0 radical (unpaired) electrons. The lowest BCUT2D eigenvalue weighted by atomic mass is 9.86. The molecule has 0 atom stereocenters. The van der Waals surface area contributed by atoms with Crippen LogP contribution >= 0.6 is 0 Å². The van der Waals surface area contributed by atoms with Gasteiger partial charge in [-0.15, -0.1) is 0 Å². The molecule has 5 heteroatoms. The summed E-state index contributed by atoms with van der Waals surface area (Å²) in [5.74, 6) is 0.939. The maximum Gasteiger partial charge on any atom is 0.244 e. The lowest BCUT2D eigenvalue weighted by molar-refractivity contribution is -0.130. The van der Waals surface area contributed by atoms with Gasteiger partial charge in [-0.1, -0.05) is 71.9 Å². The first-order valence-electron chi connectivity index (χ1n) is 13.4. The predicted molar refractivity (Wildman–Crippen MR) is 141 cm³/mol. The van der Waals surface area contributed by atoms with Crippen LogP contribution in [0, 0.1) is 5.41 Å². The predicted octanol–water partition coefficient (Wildman–Crippen LogP) is 6.42. The standard InChI is InChI=1S/C29H46N2O3/c1-5-7-8-9-10-11-22-34-26-19-12-23(13-20-26)14-21-27(32)30-24-15-17-25(18-16-24)31-28(33)29(3,4)6-2/h12-14,19-21,24-25H,5-11,15-18,22H2,1-4H3,(H,30,32)(H,31,33)/b21-14+. The minimum atomic E-state index is -0.325. The van der Waals surface area contributed by atoms with Gasteiger partial charge in [-0.25, -0.2) is 0 Å². The topological polar surface area (TPSA) is 67.4 Å². The Labute approximate surface area is 207 Å². The van der Waals surface area contributed by atoms with E-state index in [9.17, 15) is 9.59 Å². The molecule has 0 unspecified atom stereocenters. The number of carbonyl (C=O) groups is 2. The molecular formula is C29H46N2O3. The number of hydrogen-bond acceptors (Lipinski definition) is 3. The molecule has 1 aromatic carbocycles. The normalized spacial score (nSPS) is 18.6. The Morgan fingerprint density at radius 3 is 2.12 bits per heavy atom. The van der Waals surface area contributed by atoms with Crippen LogP contribution < -0.4 is 15.4 Å². The van der Waals surface area contributed by atoms with E-state index in [2.05, 4.69) is 17.6 Å². The molecule has 1 saturated carbocycles. The molecule has 0 aromatic heterocycles. The first-order valence-corrected chi connectivity index (χ1v) is 13.4. The Balaban J connectivity index is 1.65. The van der Waals surface area contributed by atoms with Crippen molar-refractivity contribution in [1.29, 1.82) is 0 Å². The second kappa shape index (κ2) is 14.9. The molecule has 1 aliphatic carbocycles. The van der Waals surface area contributed by atoms with E-state index in [0.717, 1.165) is 56.4 Å². The van der Waals surface area contributed by atoms with Crippen LogP contribution in [0.1, 0.15) is 104 Å².